The lowest BCUT2D eigenvalue weighted by molar-refractivity contribution is 0.103. The Morgan fingerprint density at radius 2 is 1.77 bits per heavy atom. The Morgan fingerprint density at radius 3 is 2.50 bits per heavy atom. The Labute approximate surface area is 172 Å². The maximum Gasteiger partial charge on any atom is 0.193 e. The molecule has 30 heavy (non-hydrogen) atoms. The molecule has 0 aliphatic rings. The van der Waals surface area contributed by atoms with E-state index in [4.69, 9.17) is 11.2 Å². The fraction of sp³-hybridized carbons (Fsp3) is 0.0417. The molecule has 0 spiro atoms. The first-order chi connectivity index (χ1) is 14.7. The molecule has 0 amide bonds. The number of carbonyl (C=O) groups is 1. The van der Waals surface area contributed by atoms with Gasteiger partial charge in [0.1, 0.15) is 29.3 Å². The van der Waals surface area contributed by atoms with Crippen LogP contribution in [0.5, 0.6) is 5.75 Å². The molecule has 6 heteroatoms. The van der Waals surface area contributed by atoms with Crippen LogP contribution in [0.15, 0.2) is 67.0 Å². The van der Waals surface area contributed by atoms with Gasteiger partial charge in [-0.05, 0) is 54.6 Å². The van der Waals surface area contributed by atoms with Crippen LogP contribution in [0.2, 0.25) is 0 Å². The molecular weight excluding hydrogens is 376 g/mol. The Balaban J connectivity index is 1.29. The molecule has 144 valence electrons. The molecule has 2 N–H and O–H groups in total. The van der Waals surface area contributed by atoms with Crippen LogP contribution in [-0.4, -0.2) is 25.7 Å². The van der Waals surface area contributed by atoms with Gasteiger partial charge in [0.05, 0.1) is 11.7 Å². The number of pyridine rings is 1. The molecule has 0 bridgehead atoms. The van der Waals surface area contributed by atoms with E-state index >= 15 is 0 Å². The molecular formula is C24H16N4O2. The molecule has 0 atom stereocenters. The first-order valence-corrected chi connectivity index (χ1v) is 9.36. The minimum absolute atomic E-state index is 0.0644. The molecule has 0 fully saturated rings. The van der Waals surface area contributed by atoms with E-state index in [9.17, 15) is 4.79 Å². The maximum absolute atomic E-state index is 12.6. The van der Waals surface area contributed by atoms with Gasteiger partial charge >= 0.3 is 0 Å². The second-order valence-corrected chi connectivity index (χ2v) is 6.81. The van der Waals surface area contributed by atoms with Gasteiger partial charge in [-0.1, -0.05) is 5.92 Å². The lowest BCUT2D eigenvalue weighted by Gasteiger charge is -2.06. The predicted octanol–water partition coefficient (Wildman–Crippen LogP) is 4.23. The van der Waals surface area contributed by atoms with Crippen LogP contribution in [0.4, 0.5) is 0 Å². The van der Waals surface area contributed by atoms with Gasteiger partial charge in [-0.3, -0.25) is 4.79 Å². The van der Waals surface area contributed by atoms with Gasteiger partial charge in [-0.2, -0.15) is 0 Å². The summed E-state index contributed by atoms with van der Waals surface area (Å²) >= 11 is 0. The van der Waals surface area contributed by atoms with E-state index in [2.05, 4.69) is 25.9 Å². The largest absolute Gasteiger partial charge is 0.486 e. The standard InChI is InChI=1S/C24H16N4O2/c1-2-15-3-5-16(6-4-15)23(29)17-7-9-18(10-8-17)30-14-21-27-20-13-26-24-19(11-12-25-24)22(20)28-21/h1,3-13H,14H2,(H,25,26)(H,27,28). The van der Waals surface area contributed by atoms with E-state index in [1.165, 1.54) is 0 Å². The smallest absolute Gasteiger partial charge is 0.193 e. The molecule has 0 unspecified atom stereocenters. The Kier molecular flexibility index (Phi) is 4.26. The highest BCUT2D eigenvalue weighted by atomic mass is 16.5. The highest BCUT2D eigenvalue weighted by Crippen LogP contribution is 2.22. The number of hydrogen-bond donors (Lipinski definition) is 2. The number of rotatable bonds is 5. The fourth-order valence-corrected chi connectivity index (χ4v) is 3.34. The number of H-pyrrole nitrogens is 2. The second-order valence-electron chi connectivity index (χ2n) is 6.81. The average Bonchev–Trinajstić information content (AvgIpc) is 3.44. The Morgan fingerprint density at radius 1 is 1.03 bits per heavy atom. The molecule has 0 aliphatic carbocycles. The number of aromatic amines is 2. The van der Waals surface area contributed by atoms with Gasteiger partial charge in [-0.15, -0.1) is 6.42 Å². The van der Waals surface area contributed by atoms with Crippen molar-refractivity contribution in [1.29, 1.82) is 0 Å². The van der Waals surface area contributed by atoms with Crippen molar-refractivity contribution in [2.45, 2.75) is 6.61 Å². The minimum atomic E-state index is -0.0644. The molecule has 0 saturated heterocycles. The molecule has 0 aliphatic heterocycles. The third kappa shape index (κ3) is 3.19. The van der Waals surface area contributed by atoms with Gasteiger partial charge in [0.25, 0.3) is 0 Å². The van der Waals surface area contributed by atoms with Gasteiger partial charge in [0.15, 0.2) is 5.78 Å². The van der Waals surface area contributed by atoms with Crippen molar-refractivity contribution in [3.63, 3.8) is 0 Å². The molecule has 6 nitrogen and oxygen atoms in total. The Hall–Kier alpha value is -4.37. The summed E-state index contributed by atoms with van der Waals surface area (Å²) in [4.78, 5) is 27.9. The van der Waals surface area contributed by atoms with Crippen molar-refractivity contribution in [2.75, 3.05) is 0 Å². The molecule has 0 radical (unpaired) electrons. The SMILES string of the molecule is C#Cc1ccc(C(=O)c2ccc(OCc3nc4cnc5[nH]ccc5c4[nH]3)cc2)cc1. The number of benzene rings is 2. The van der Waals surface area contributed by atoms with E-state index in [0.717, 1.165) is 27.6 Å². The lowest BCUT2D eigenvalue weighted by atomic mass is 10.0. The lowest BCUT2D eigenvalue weighted by Crippen LogP contribution is -2.02. The van der Waals surface area contributed by atoms with Crippen LogP contribution < -0.4 is 4.74 Å². The normalized spacial score (nSPS) is 10.9. The number of nitrogens with one attached hydrogen (secondary N) is 2. The second kappa shape index (κ2) is 7.22. The minimum Gasteiger partial charge on any atom is -0.486 e. The summed E-state index contributed by atoms with van der Waals surface area (Å²) in [5.74, 6) is 3.83. The fourth-order valence-electron chi connectivity index (χ4n) is 3.34. The predicted molar refractivity (Wildman–Crippen MR) is 114 cm³/mol. The molecule has 3 heterocycles. The monoisotopic (exact) mass is 392 g/mol. The van der Waals surface area contributed by atoms with E-state index in [1.807, 2.05) is 12.3 Å². The number of terminal acetylenes is 1. The van der Waals surface area contributed by atoms with E-state index in [0.29, 0.717) is 22.7 Å². The summed E-state index contributed by atoms with van der Waals surface area (Å²) in [5.41, 5.74) is 4.45. The molecule has 5 aromatic rings. The van der Waals surface area contributed by atoms with Crippen molar-refractivity contribution < 1.29 is 9.53 Å². The van der Waals surface area contributed by atoms with Gasteiger partial charge in [0.2, 0.25) is 0 Å². The van der Waals surface area contributed by atoms with Crippen LogP contribution in [0.25, 0.3) is 22.1 Å². The number of hydrogen-bond acceptors (Lipinski definition) is 4. The van der Waals surface area contributed by atoms with Gasteiger partial charge in [-0.25, -0.2) is 9.97 Å². The van der Waals surface area contributed by atoms with Crippen LogP contribution in [0.1, 0.15) is 27.3 Å². The summed E-state index contributed by atoms with van der Waals surface area (Å²) in [7, 11) is 0. The third-order valence-electron chi connectivity index (χ3n) is 4.90. The van der Waals surface area contributed by atoms with E-state index in [-0.39, 0.29) is 12.4 Å². The quantitative estimate of drug-likeness (QED) is 0.346. The van der Waals surface area contributed by atoms with Crippen molar-refractivity contribution in [3.05, 3.63) is 89.5 Å². The van der Waals surface area contributed by atoms with Crippen LogP contribution >= 0.6 is 0 Å². The van der Waals surface area contributed by atoms with E-state index < -0.39 is 0 Å². The molecule has 3 aromatic heterocycles. The number of carbonyl (C=O) groups excluding carboxylic acids is 1. The zero-order chi connectivity index (χ0) is 20.5. The topological polar surface area (TPSA) is 83.7 Å². The third-order valence-corrected chi connectivity index (χ3v) is 4.90. The summed E-state index contributed by atoms with van der Waals surface area (Å²) < 4.78 is 5.83. The van der Waals surface area contributed by atoms with Crippen LogP contribution in [-0.2, 0) is 6.61 Å². The number of ketones is 1. The van der Waals surface area contributed by atoms with Crippen molar-refractivity contribution >= 4 is 27.9 Å². The molecule has 0 saturated carbocycles. The van der Waals surface area contributed by atoms with Crippen LogP contribution in [0, 0.1) is 12.3 Å². The Bertz CT molecular complexity index is 1400. The first kappa shape index (κ1) is 17.7. The van der Waals surface area contributed by atoms with E-state index in [1.54, 1.807) is 54.7 Å². The number of nitrogens with zero attached hydrogens (tertiary/aromatic N) is 2. The number of fused-ring (bicyclic) bond motifs is 3. The molecule has 5 rings (SSSR count). The number of ether oxygens (including phenoxy) is 1. The average molecular weight is 392 g/mol. The van der Waals surface area contributed by atoms with Crippen molar-refractivity contribution in [3.8, 4) is 18.1 Å². The zero-order valence-corrected chi connectivity index (χ0v) is 15.8. The summed E-state index contributed by atoms with van der Waals surface area (Å²) in [5, 5.41) is 0.990. The summed E-state index contributed by atoms with van der Waals surface area (Å²) in [6.45, 7) is 0.279. The number of aromatic nitrogens is 4. The maximum atomic E-state index is 12.6. The highest BCUT2D eigenvalue weighted by molar-refractivity contribution is 6.09. The summed E-state index contributed by atoms with van der Waals surface area (Å²) in [6.07, 6.45) is 8.93. The highest BCUT2D eigenvalue weighted by Gasteiger charge is 2.11. The first-order valence-electron chi connectivity index (χ1n) is 9.36. The van der Waals surface area contributed by atoms with Crippen molar-refractivity contribution in [1.82, 2.24) is 19.9 Å². The number of imidazole rings is 1. The summed E-state index contributed by atoms with van der Waals surface area (Å²) in [6, 6.07) is 16.0. The van der Waals surface area contributed by atoms with Gasteiger partial charge in [0, 0.05) is 28.3 Å². The van der Waals surface area contributed by atoms with Crippen molar-refractivity contribution in [2.24, 2.45) is 0 Å². The van der Waals surface area contributed by atoms with Crippen LogP contribution in [0.3, 0.4) is 0 Å². The van der Waals surface area contributed by atoms with Gasteiger partial charge < -0.3 is 14.7 Å². The molecule has 2 aromatic carbocycles. The zero-order valence-electron chi connectivity index (χ0n) is 15.8.